The predicted molar refractivity (Wildman–Crippen MR) is 148 cm³/mol. The first kappa shape index (κ1) is 26.5. The molecule has 0 aliphatic carbocycles. The van der Waals surface area contributed by atoms with Crippen molar-refractivity contribution in [2.75, 3.05) is 23.0 Å². The summed E-state index contributed by atoms with van der Waals surface area (Å²) in [6.07, 6.45) is 5.01. The van der Waals surface area contributed by atoms with Gasteiger partial charge in [0, 0.05) is 17.7 Å². The van der Waals surface area contributed by atoms with E-state index >= 15 is 0 Å². The Morgan fingerprint density at radius 3 is 2.51 bits per heavy atom. The molecule has 3 aromatic carbocycles. The van der Waals surface area contributed by atoms with E-state index in [1.54, 1.807) is 60.7 Å². The zero-order valence-electron chi connectivity index (χ0n) is 20.9. The van der Waals surface area contributed by atoms with Crippen molar-refractivity contribution < 1.29 is 18.7 Å². The second kappa shape index (κ2) is 13.1. The van der Waals surface area contributed by atoms with E-state index in [9.17, 15) is 14.0 Å². The number of anilines is 1. The van der Waals surface area contributed by atoms with Crippen molar-refractivity contribution in [3.05, 3.63) is 101 Å². The van der Waals surface area contributed by atoms with E-state index in [0.29, 0.717) is 29.1 Å². The average Bonchev–Trinajstić information content (AvgIpc) is 2.92. The smallest absolute Gasteiger partial charge is 0.294 e. The number of ether oxygens (including phenoxy) is 1. The van der Waals surface area contributed by atoms with Crippen molar-refractivity contribution in [2.45, 2.75) is 32.7 Å². The Hall–Kier alpha value is -3.58. The van der Waals surface area contributed by atoms with Gasteiger partial charge in [-0.2, -0.15) is 11.8 Å². The van der Waals surface area contributed by atoms with Gasteiger partial charge in [0.05, 0.1) is 12.2 Å². The summed E-state index contributed by atoms with van der Waals surface area (Å²) in [5, 5.41) is 2.96. The number of benzene rings is 3. The molecule has 3 aromatic rings. The van der Waals surface area contributed by atoms with E-state index in [0.717, 1.165) is 17.7 Å². The molecular formula is C30H31FN2O3S. The molecule has 2 amide bonds. The summed E-state index contributed by atoms with van der Waals surface area (Å²) in [5.74, 6) is 2.02. The Balaban J connectivity index is 1.43. The molecule has 5 nitrogen and oxygen atoms in total. The molecule has 0 bridgehead atoms. The molecule has 0 radical (unpaired) electrons. The minimum Gasteiger partial charge on any atom is -0.449 e. The van der Waals surface area contributed by atoms with E-state index in [1.807, 2.05) is 23.9 Å². The van der Waals surface area contributed by atoms with E-state index in [2.05, 4.69) is 12.2 Å². The predicted octanol–water partition coefficient (Wildman–Crippen LogP) is 6.45. The largest absolute Gasteiger partial charge is 0.449 e. The molecule has 0 atom stereocenters. The van der Waals surface area contributed by atoms with Crippen LogP contribution in [-0.4, -0.2) is 29.9 Å². The molecule has 1 aliphatic rings. The van der Waals surface area contributed by atoms with Crippen LogP contribution in [0.3, 0.4) is 0 Å². The molecule has 4 rings (SSSR count). The van der Waals surface area contributed by atoms with Gasteiger partial charge >= 0.3 is 0 Å². The fourth-order valence-corrected chi connectivity index (χ4v) is 4.97. The lowest BCUT2D eigenvalue weighted by atomic mass is 10.1. The van der Waals surface area contributed by atoms with E-state index in [-0.39, 0.29) is 29.9 Å². The lowest BCUT2D eigenvalue weighted by molar-refractivity contribution is -0.117. The SMILES string of the molecule is CCCCSCCCNC(=O)c1ccc(/C=C2\Oc3ccccc3N(Cc3ccccc3F)C2=O)cc1. The Bertz CT molecular complexity index is 1260. The number of carbonyl (C=O) groups is 2. The number of amides is 2. The number of halogens is 1. The minimum absolute atomic E-state index is 0.0828. The Morgan fingerprint density at radius 1 is 1.00 bits per heavy atom. The van der Waals surface area contributed by atoms with Gasteiger partial charge in [0.2, 0.25) is 0 Å². The van der Waals surface area contributed by atoms with Crippen LogP contribution in [0.25, 0.3) is 6.08 Å². The average molecular weight is 519 g/mol. The second-order valence-corrected chi connectivity index (χ2v) is 9.98. The molecule has 1 heterocycles. The standard InChI is InChI=1S/C30H31FN2O3S/c1-2-3-18-37-19-8-17-32-29(34)23-15-13-22(14-16-23)20-28-30(35)33(21-24-9-4-5-10-25(24)31)26-11-6-7-12-27(26)36-28/h4-7,9-16,20H,2-3,8,17-19,21H2,1H3,(H,32,34)/b28-20-. The van der Waals surface area contributed by atoms with Crippen molar-refractivity contribution in [3.63, 3.8) is 0 Å². The van der Waals surface area contributed by atoms with Gasteiger partial charge in [-0.15, -0.1) is 0 Å². The van der Waals surface area contributed by atoms with Crippen LogP contribution in [0.1, 0.15) is 47.7 Å². The summed E-state index contributed by atoms with van der Waals surface area (Å²) < 4.78 is 20.3. The Morgan fingerprint density at radius 2 is 1.73 bits per heavy atom. The van der Waals surface area contributed by atoms with Crippen LogP contribution in [0.2, 0.25) is 0 Å². The maximum absolute atomic E-state index is 14.3. The Labute approximate surface area is 221 Å². The van der Waals surface area contributed by atoms with Crippen molar-refractivity contribution in [3.8, 4) is 5.75 Å². The van der Waals surface area contributed by atoms with Gasteiger partial charge in [-0.1, -0.05) is 55.8 Å². The number of fused-ring (bicyclic) bond motifs is 1. The van der Waals surface area contributed by atoms with Crippen LogP contribution in [0.4, 0.5) is 10.1 Å². The number of unbranched alkanes of at least 4 members (excludes halogenated alkanes) is 1. The quantitative estimate of drug-likeness (QED) is 0.234. The monoisotopic (exact) mass is 518 g/mol. The van der Waals surface area contributed by atoms with E-state index < -0.39 is 0 Å². The molecule has 0 spiro atoms. The summed E-state index contributed by atoms with van der Waals surface area (Å²) in [5.41, 5.74) is 2.28. The van der Waals surface area contributed by atoms with Crippen LogP contribution in [0.5, 0.6) is 5.75 Å². The normalized spacial score (nSPS) is 13.8. The third kappa shape index (κ3) is 7.01. The van der Waals surface area contributed by atoms with Gasteiger partial charge in [-0.05, 0) is 66.3 Å². The highest BCUT2D eigenvalue weighted by Crippen LogP contribution is 2.36. The lowest BCUT2D eigenvalue weighted by Gasteiger charge is -2.30. The number of hydrogen-bond donors (Lipinski definition) is 1. The topological polar surface area (TPSA) is 58.6 Å². The fraction of sp³-hybridized carbons (Fsp3) is 0.267. The summed E-state index contributed by atoms with van der Waals surface area (Å²) in [6, 6.07) is 20.6. The van der Waals surface area contributed by atoms with E-state index in [1.165, 1.54) is 29.6 Å². The van der Waals surface area contributed by atoms with Crippen molar-refractivity contribution in [1.82, 2.24) is 5.32 Å². The van der Waals surface area contributed by atoms with Crippen LogP contribution < -0.4 is 15.0 Å². The summed E-state index contributed by atoms with van der Waals surface area (Å²) in [6.45, 7) is 2.91. The second-order valence-electron chi connectivity index (χ2n) is 8.76. The van der Waals surface area contributed by atoms with Crippen LogP contribution in [-0.2, 0) is 11.3 Å². The number of thioether (sulfide) groups is 1. The third-order valence-corrected chi connectivity index (χ3v) is 7.14. The number of hydrogen-bond acceptors (Lipinski definition) is 4. The minimum atomic E-state index is -0.367. The number of carbonyl (C=O) groups excluding carboxylic acids is 2. The van der Waals surface area contributed by atoms with Gasteiger partial charge in [0.25, 0.3) is 11.8 Å². The first-order valence-electron chi connectivity index (χ1n) is 12.6. The maximum atomic E-state index is 14.3. The summed E-state index contributed by atoms with van der Waals surface area (Å²) in [7, 11) is 0. The third-order valence-electron chi connectivity index (χ3n) is 5.98. The lowest BCUT2D eigenvalue weighted by Crippen LogP contribution is -2.37. The highest BCUT2D eigenvalue weighted by atomic mass is 32.2. The van der Waals surface area contributed by atoms with Gasteiger partial charge in [0.1, 0.15) is 5.82 Å². The molecule has 192 valence electrons. The maximum Gasteiger partial charge on any atom is 0.294 e. The molecule has 0 aromatic heterocycles. The zero-order chi connectivity index (χ0) is 26.0. The van der Waals surface area contributed by atoms with Crippen LogP contribution in [0, 0.1) is 5.82 Å². The zero-order valence-corrected chi connectivity index (χ0v) is 21.7. The number of para-hydroxylation sites is 2. The van der Waals surface area contributed by atoms with Crippen LogP contribution in [0.15, 0.2) is 78.6 Å². The molecule has 1 N–H and O–H groups in total. The summed E-state index contributed by atoms with van der Waals surface area (Å²) >= 11 is 1.92. The highest BCUT2D eigenvalue weighted by Gasteiger charge is 2.30. The van der Waals surface area contributed by atoms with Gasteiger partial charge in [0.15, 0.2) is 11.5 Å². The van der Waals surface area contributed by atoms with Gasteiger partial charge < -0.3 is 10.1 Å². The van der Waals surface area contributed by atoms with E-state index in [4.69, 9.17) is 4.74 Å². The molecule has 7 heteroatoms. The number of nitrogens with one attached hydrogen (secondary N) is 1. The molecule has 0 saturated heterocycles. The molecule has 0 saturated carbocycles. The van der Waals surface area contributed by atoms with Gasteiger partial charge in [-0.25, -0.2) is 4.39 Å². The fourth-order valence-electron chi connectivity index (χ4n) is 3.92. The molecule has 37 heavy (non-hydrogen) atoms. The van der Waals surface area contributed by atoms with Gasteiger partial charge in [-0.3, -0.25) is 14.5 Å². The highest BCUT2D eigenvalue weighted by molar-refractivity contribution is 7.99. The van der Waals surface area contributed by atoms with Crippen molar-refractivity contribution in [2.24, 2.45) is 0 Å². The molecular weight excluding hydrogens is 487 g/mol. The first-order valence-corrected chi connectivity index (χ1v) is 13.7. The molecule has 0 unspecified atom stereocenters. The number of nitrogens with zero attached hydrogens (tertiary/aromatic N) is 1. The molecule has 0 fully saturated rings. The van der Waals surface area contributed by atoms with Crippen molar-refractivity contribution in [1.29, 1.82) is 0 Å². The number of rotatable bonds is 11. The first-order chi connectivity index (χ1) is 18.1. The molecule has 1 aliphatic heterocycles. The van der Waals surface area contributed by atoms with Crippen LogP contribution >= 0.6 is 11.8 Å². The summed E-state index contributed by atoms with van der Waals surface area (Å²) in [4.78, 5) is 27.3. The Kier molecular flexibility index (Phi) is 9.38. The van der Waals surface area contributed by atoms with Crippen molar-refractivity contribution >= 4 is 35.3 Å².